The Morgan fingerprint density at radius 2 is 2.12 bits per heavy atom. The number of nitrogens with one attached hydrogen (secondary N) is 2. The summed E-state index contributed by atoms with van der Waals surface area (Å²) in [6.45, 7) is 11.8. The minimum Gasteiger partial charge on any atom is -0.364 e. The summed E-state index contributed by atoms with van der Waals surface area (Å²) >= 11 is 0. The van der Waals surface area contributed by atoms with Crippen LogP contribution < -0.4 is 10.6 Å². The molecule has 2 N–H and O–H groups in total. The molecule has 0 saturated carbocycles. The number of hydrogen-bond acceptors (Lipinski definition) is 3. The van der Waals surface area contributed by atoms with E-state index in [2.05, 4.69) is 17.6 Å². The zero-order valence-corrected chi connectivity index (χ0v) is 11.7. The van der Waals surface area contributed by atoms with Gasteiger partial charge in [-0.1, -0.05) is 6.92 Å². The first-order chi connectivity index (χ1) is 7.79. The van der Waals surface area contributed by atoms with Gasteiger partial charge in [-0.2, -0.15) is 0 Å². The fourth-order valence-electron chi connectivity index (χ4n) is 1.94. The molecule has 0 aliphatic carbocycles. The SMILES string of the molecule is CC(OC1CNCCC1C)C(=O)NC(C)(C)C. The van der Waals surface area contributed by atoms with E-state index in [1.807, 2.05) is 27.7 Å². The minimum absolute atomic E-state index is 0.0322. The van der Waals surface area contributed by atoms with E-state index >= 15 is 0 Å². The van der Waals surface area contributed by atoms with Gasteiger partial charge < -0.3 is 15.4 Å². The van der Waals surface area contributed by atoms with Crippen LogP contribution in [-0.2, 0) is 9.53 Å². The number of piperidine rings is 1. The second kappa shape index (κ2) is 5.83. The molecule has 1 saturated heterocycles. The second-order valence-electron chi connectivity index (χ2n) is 6.03. The number of hydrogen-bond donors (Lipinski definition) is 2. The van der Waals surface area contributed by atoms with Gasteiger partial charge in [-0.25, -0.2) is 0 Å². The summed E-state index contributed by atoms with van der Waals surface area (Å²) in [5.74, 6) is 0.483. The predicted molar refractivity (Wildman–Crippen MR) is 68.9 cm³/mol. The van der Waals surface area contributed by atoms with E-state index in [1.165, 1.54) is 0 Å². The van der Waals surface area contributed by atoms with Crippen molar-refractivity contribution in [1.82, 2.24) is 10.6 Å². The highest BCUT2D eigenvalue weighted by Crippen LogP contribution is 2.16. The van der Waals surface area contributed by atoms with E-state index in [0.29, 0.717) is 5.92 Å². The normalized spacial score (nSPS) is 27.6. The first-order valence-corrected chi connectivity index (χ1v) is 6.48. The molecule has 1 aliphatic heterocycles. The quantitative estimate of drug-likeness (QED) is 0.784. The Bertz CT molecular complexity index is 261. The summed E-state index contributed by atoms with van der Waals surface area (Å²) in [6, 6.07) is 0. The van der Waals surface area contributed by atoms with Crippen molar-refractivity contribution in [2.24, 2.45) is 5.92 Å². The maximum Gasteiger partial charge on any atom is 0.249 e. The van der Waals surface area contributed by atoms with Crippen LogP contribution in [-0.4, -0.2) is 36.7 Å². The molecular weight excluding hydrogens is 216 g/mol. The van der Waals surface area contributed by atoms with Crippen LogP contribution in [0.3, 0.4) is 0 Å². The van der Waals surface area contributed by atoms with Crippen LogP contribution in [0, 0.1) is 5.92 Å². The van der Waals surface area contributed by atoms with Gasteiger partial charge in [0.15, 0.2) is 0 Å². The van der Waals surface area contributed by atoms with Crippen molar-refractivity contribution >= 4 is 5.91 Å². The van der Waals surface area contributed by atoms with Crippen molar-refractivity contribution in [2.75, 3.05) is 13.1 Å². The molecule has 100 valence electrons. The summed E-state index contributed by atoms with van der Waals surface area (Å²) in [6.07, 6.45) is 0.865. The number of carbonyl (C=O) groups excluding carboxylic acids is 1. The molecule has 0 spiro atoms. The molecule has 0 aromatic heterocycles. The second-order valence-corrected chi connectivity index (χ2v) is 6.03. The van der Waals surface area contributed by atoms with E-state index in [0.717, 1.165) is 19.5 Å². The third-order valence-electron chi connectivity index (χ3n) is 3.00. The molecule has 1 amide bonds. The van der Waals surface area contributed by atoms with E-state index in [4.69, 9.17) is 4.74 Å². The molecule has 1 aliphatic rings. The van der Waals surface area contributed by atoms with Crippen LogP contribution in [0.1, 0.15) is 41.0 Å². The third kappa shape index (κ3) is 5.04. The average molecular weight is 242 g/mol. The zero-order valence-electron chi connectivity index (χ0n) is 11.7. The maximum absolute atomic E-state index is 11.9. The Hall–Kier alpha value is -0.610. The lowest BCUT2D eigenvalue weighted by Crippen LogP contribution is -2.49. The van der Waals surface area contributed by atoms with Crippen molar-refractivity contribution in [2.45, 2.75) is 58.8 Å². The molecule has 0 aromatic rings. The van der Waals surface area contributed by atoms with Crippen LogP contribution >= 0.6 is 0 Å². The molecule has 4 heteroatoms. The van der Waals surface area contributed by atoms with Gasteiger partial charge in [0.05, 0.1) is 6.10 Å². The Morgan fingerprint density at radius 1 is 1.47 bits per heavy atom. The van der Waals surface area contributed by atoms with Gasteiger partial charge in [-0.3, -0.25) is 4.79 Å². The molecule has 0 aromatic carbocycles. The van der Waals surface area contributed by atoms with Crippen LogP contribution in [0.2, 0.25) is 0 Å². The Labute approximate surface area is 104 Å². The fraction of sp³-hybridized carbons (Fsp3) is 0.923. The zero-order chi connectivity index (χ0) is 13.1. The summed E-state index contributed by atoms with van der Waals surface area (Å²) in [5.41, 5.74) is -0.203. The molecule has 3 unspecified atom stereocenters. The topological polar surface area (TPSA) is 50.4 Å². The van der Waals surface area contributed by atoms with Crippen LogP contribution in [0.4, 0.5) is 0 Å². The van der Waals surface area contributed by atoms with Gasteiger partial charge in [0.25, 0.3) is 0 Å². The van der Waals surface area contributed by atoms with E-state index in [-0.39, 0.29) is 23.7 Å². The summed E-state index contributed by atoms with van der Waals surface area (Å²) in [4.78, 5) is 11.9. The number of carbonyl (C=O) groups is 1. The highest BCUT2D eigenvalue weighted by Gasteiger charge is 2.27. The fourth-order valence-corrected chi connectivity index (χ4v) is 1.94. The highest BCUT2D eigenvalue weighted by molar-refractivity contribution is 5.81. The van der Waals surface area contributed by atoms with E-state index in [9.17, 15) is 4.79 Å². The molecule has 0 radical (unpaired) electrons. The third-order valence-corrected chi connectivity index (χ3v) is 3.00. The average Bonchev–Trinajstić information content (AvgIpc) is 2.18. The summed E-state index contributed by atoms with van der Waals surface area (Å²) < 4.78 is 5.84. The summed E-state index contributed by atoms with van der Waals surface area (Å²) in [5, 5.41) is 6.24. The molecule has 17 heavy (non-hydrogen) atoms. The lowest BCUT2D eigenvalue weighted by atomic mass is 9.97. The molecule has 1 fully saturated rings. The molecule has 1 rings (SSSR count). The van der Waals surface area contributed by atoms with Crippen molar-refractivity contribution in [3.05, 3.63) is 0 Å². The minimum atomic E-state index is -0.387. The van der Waals surface area contributed by atoms with Gasteiger partial charge in [0.1, 0.15) is 6.10 Å². The smallest absolute Gasteiger partial charge is 0.249 e. The van der Waals surface area contributed by atoms with Gasteiger partial charge >= 0.3 is 0 Å². The first-order valence-electron chi connectivity index (χ1n) is 6.48. The lowest BCUT2D eigenvalue weighted by Gasteiger charge is -2.32. The van der Waals surface area contributed by atoms with Crippen molar-refractivity contribution < 1.29 is 9.53 Å². The Balaban J connectivity index is 2.42. The molecule has 1 heterocycles. The molecule has 0 bridgehead atoms. The standard InChI is InChI=1S/C13H26N2O2/c1-9-6-7-14-8-11(9)17-10(2)12(16)15-13(3,4)5/h9-11,14H,6-8H2,1-5H3,(H,15,16). The largest absolute Gasteiger partial charge is 0.364 e. The molecular formula is C13H26N2O2. The van der Waals surface area contributed by atoms with Crippen molar-refractivity contribution in [3.63, 3.8) is 0 Å². The van der Waals surface area contributed by atoms with E-state index < -0.39 is 0 Å². The van der Waals surface area contributed by atoms with Crippen LogP contribution in [0.5, 0.6) is 0 Å². The van der Waals surface area contributed by atoms with Crippen molar-refractivity contribution in [3.8, 4) is 0 Å². The van der Waals surface area contributed by atoms with Gasteiger partial charge in [0, 0.05) is 12.1 Å². The van der Waals surface area contributed by atoms with Gasteiger partial charge in [-0.05, 0) is 46.6 Å². The van der Waals surface area contributed by atoms with Gasteiger partial charge in [-0.15, -0.1) is 0 Å². The maximum atomic E-state index is 11.9. The predicted octanol–water partition coefficient (Wildman–Crippen LogP) is 1.30. The first kappa shape index (κ1) is 14.5. The van der Waals surface area contributed by atoms with Crippen molar-refractivity contribution in [1.29, 1.82) is 0 Å². The van der Waals surface area contributed by atoms with Crippen LogP contribution in [0.25, 0.3) is 0 Å². The van der Waals surface area contributed by atoms with E-state index in [1.54, 1.807) is 0 Å². The van der Waals surface area contributed by atoms with Gasteiger partial charge in [0.2, 0.25) is 5.91 Å². The molecule has 3 atom stereocenters. The number of amides is 1. The Morgan fingerprint density at radius 3 is 2.65 bits per heavy atom. The summed E-state index contributed by atoms with van der Waals surface area (Å²) in [7, 11) is 0. The highest BCUT2D eigenvalue weighted by atomic mass is 16.5. The molecule has 4 nitrogen and oxygen atoms in total. The van der Waals surface area contributed by atoms with Crippen LogP contribution in [0.15, 0.2) is 0 Å². The number of ether oxygens (including phenoxy) is 1. The monoisotopic (exact) mass is 242 g/mol. The number of rotatable bonds is 3. The Kier molecular flexibility index (Phi) is 4.95. The lowest BCUT2D eigenvalue weighted by molar-refractivity contribution is -0.139.